The Hall–Kier alpha value is -3.02. The second kappa shape index (κ2) is 10.5. The molecule has 0 aliphatic carbocycles. The van der Waals surface area contributed by atoms with Gasteiger partial charge in [-0.1, -0.05) is 42.5 Å². The van der Waals surface area contributed by atoms with E-state index in [0.717, 1.165) is 29.7 Å². The van der Waals surface area contributed by atoms with Crippen LogP contribution in [-0.2, 0) is 27.3 Å². The lowest BCUT2D eigenvalue weighted by Crippen LogP contribution is -2.39. The van der Waals surface area contributed by atoms with E-state index in [1.165, 1.54) is 7.11 Å². The summed E-state index contributed by atoms with van der Waals surface area (Å²) in [5.74, 6) is 0.930. The normalized spacial score (nSPS) is 14.3. The van der Waals surface area contributed by atoms with Crippen molar-refractivity contribution in [2.45, 2.75) is 25.9 Å². The minimum Gasteiger partial charge on any atom is -0.493 e. The first-order valence-electron chi connectivity index (χ1n) is 9.88. The molecule has 0 unspecified atom stereocenters. The third kappa shape index (κ3) is 6.52. The predicted molar refractivity (Wildman–Crippen MR) is 109 cm³/mol. The summed E-state index contributed by atoms with van der Waals surface area (Å²) in [7, 11) is 1.38. The van der Waals surface area contributed by atoms with Crippen LogP contribution in [-0.4, -0.2) is 43.8 Å². The van der Waals surface area contributed by atoms with Crippen LogP contribution in [0.3, 0.4) is 0 Å². The summed E-state index contributed by atoms with van der Waals surface area (Å²) < 4.78 is 16.0. The SMILES string of the molecule is COC(=O)Cc1ccc(OCC2CCN(C(=O)OCc3ccccc3)CC2)cc1. The molecule has 1 aliphatic rings. The van der Waals surface area contributed by atoms with E-state index in [2.05, 4.69) is 4.74 Å². The highest BCUT2D eigenvalue weighted by atomic mass is 16.6. The maximum Gasteiger partial charge on any atom is 0.410 e. The van der Waals surface area contributed by atoms with Crippen LogP contribution in [0, 0.1) is 5.92 Å². The van der Waals surface area contributed by atoms with Gasteiger partial charge in [-0.15, -0.1) is 0 Å². The molecule has 1 amide bonds. The number of carbonyl (C=O) groups is 2. The molecule has 0 aromatic heterocycles. The highest BCUT2D eigenvalue weighted by molar-refractivity contribution is 5.72. The van der Waals surface area contributed by atoms with Crippen molar-refractivity contribution in [2.24, 2.45) is 5.92 Å². The Morgan fingerprint density at radius 3 is 2.31 bits per heavy atom. The summed E-state index contributed by atoms with van der Waals surface area (Å²) in [6, 6.07) is 17.2. The van der Waals surface area contributed by atoms with Gasteiger partial charge in [0.1, 0.15) is 12.4 Å². The van der Waals surface area contributed by atoms with E-state index in [0.29, 0.717) is 32.2 Å². The molecule has 1 aliphatic heterocycles. The molecule has 1 heterocycles. The smallest absolute Gasteiger partial charge is 0.410 e. The number of benzene rings is 2. The van der Waals surface area contributed by atoms with Gasteiger partial charge < -0.3 is 19.1 Å². The van der Waals surface area contributed by atoms with Crippen LogP contribution in [0.1, 0.15) is 24.0 Å². The number of carbonyl (C=O) groups excluding carboxylic acids is 2. The Labute approximate surface area is 171 Å². The monoisotopic (exact) mass is 397 g/mol. The standard InChI is InChI=1S/C23H27NO5/c1-27-22(25)15-18-7-9-21(10-8-18)28-16-20-11-13-24(14-12-20)23(26)29-17-19-5-3-2-4-6-19/h2-10,20H,11-17H2,1H3. The second-order valence-corrected chi connectivity index (χ2v) is 7.18. The maximum atomic E-state index is 12.2. The van der Waals surface area contributed by atoms with E-state index < -0.39 is 0 Å². The van der Waals surface area contributed by atoms with Crippen LogP contribution in [0.25, 0.3) is 0 Å². The molecule has 6 nitrogen and oxygen atoms in total. The molecular formula is C23H27NO5. The summed E-state index contributed by atoms with van der Waals surface area (Å²) in [6.07, 6.45) is 1.78. The first kappa shape index (κ1) is 20.7. The van der Waals surface area contributed by atoms with Crippen molar-refractivity contribution in [1.82, 2.24) is 4.90 Å². The lowest BCUT2D eigenvalue weighted by Gasteiger charge is -2.31. The van der Waals surface area contributed by atoms with Crippen LogP contribution in [0.2, 0.25) is 0 Å². The highest BCUT2D eigenvalue weighted by Gasteiger charge is 2.24. The average Bonchev–Trinajstić information content (AvgIpc) is 2.78. The number of likely N-dealkylation sites (tertiary alicyclic amines) is 1. The van der Waals surface area contributed by atoms with E-state index in [1.54, 1.807) is 4.90 Å². The molecule has 3 rings (SSSR count). The zero-order chi connectivity index (χ0) is 20.5. The van der Waals surface area contributed by atoms with Crippen molar-refractivity contribution < 1.29 is 23.8 Å². The number of piperidine rings is 1. The van der Waals surface area contributed by atoms with Crippen LogP contribution >= 0.6 is 0 Å². The third-order valence-corrected chi connectivity index (χ3v) is 5.06. The number of ether oxygens (including phenoxy) is 3. The fourth-order valence-electron chi connectivity index (χ4n) is 3.25. The topological polar surface area (TPSA) is 65.1 Å². The zero-order valence-electron chi connectivity index (χ0n) is 16.7. The number of rotatable bonds is 7. The van der Waals surface area contributed by atoms with Crippen molar-refractivity contribution in [3.63, 3.8) is 0 Å². The van der Waals surface area contributed by atoms with Crippen molar-refractivity contribution in [2.75, 3.05) is 26.8 Å². The molecule has 154 valence electrons. The summed E-state index contributed by atoms with van der Waals surface area (Å²) in [4.78, 5) is 25.3. The quantitative estimate of drug-likeness (QED) is 0.665. The first-order chi connectivity index (χ1) is 14.1. The molecule has 0 saturated carbocycles. The fourth-order valence-corrected chi connectivity index (χ4v) is 3.25. The first-order valence-corrected chi connectivity index (χ1v) is 9.88. The van der Waals surface area contributed by atoms with Crippen LogP contribution in [0.4, 0.5) is 4.79 Å². The number of esters is 1. The van der Waals surface area contributed by atoms with Gasteiger partial charge in [-0.05, 0) is 42.0 Å². The second-order valence-electron chi connectivity index (χ2n) is 7.18. The van der Waals surface area contributed by atoms with Crippen molar-refractivity contribution in [3.05, 3.63) is 65.7 Å². The van der Waals surface area contributed by atoms with E-state index in [4.69, 9.17) is 9.47 Å². The van der Waals surface area contributed by atoms with Crippen LogP contribution in [0.15, 0.2) is 54.6 Å². The van der Waals surface area contributed by atoms with Gasteiger partial charge in [0.2, 0.25) is 0 Å². The number of hydrogen-bond donors (Lipinski definition) is 0. The summed E-state index contributed by atoms with van der Waals surface area (Å²) in [5, 5.41) is 0. The van der Waals surface area contributed by atoms with E-state index in [-0.39, 0.29) is 18.5 Å². The number of hydrogen-bond acceptors (Lipinski definition) is 5. The molecule has 2 aromatic rings. The van der Waals surface area contributed by atoms with Gasteiger partial charge in [0.15, 0.2) is 0 Å². The number of amides is 1. The summed E-state index contributed by atoms with van der Waals surface area (Å²) in [6.45, 7) is 2.28. The van der Waals surface area contributed by atoms with Crippen LogP contribution < -0.4 is 4.74 Å². The molecule has 0 bridgehead atoms. The van der Waals surface area contributed by atoms with E-state index >= 15 is 0 Å². The minimum atomic E-state index is -0.257. The lowest BCUT2D eigenvalue weighted by atomic mass is 9.98. The Balaban J connectivity index is 1.36. The molecule has 0 N–H and O–H groups in total. The van der Waals surface area contributed by atoms with Gasteiger partial charge in [0.25, 0.3) is 0 Å². The molecular weight excluding hydrogens is 370 g/mol. The maximum absolute atomic E-state index is 12.2. The molecule has 2 aromatic carbocycles. The van der Waals surface area contributed by atoms with E-state index in [9.17, 15) is 9.59 Å². The number of methoxy groups -OCH3 is 1. The number of nitrogens with zero attached hydrogens (tertiary/aromatic N) is 1. The van der Waals surface area contributed by atoms with Gasteiger partial charge in [-0.25, -0.2) is 4.79 Å². The third-order valence-electron chi connectivity index (χ3n) is 5.06. The molecule has 6 heteroatoms. The Kier molecular flexibility index (Phi) is 7.50. The summed E-state index contributed by atoms with van der Waals surface area (Å²) in [5.41, 5.74) is 1.88. The Morgan fingerprint density at radius 1 is 0.966 bits per heavy atom. The average molecular weight is 397 g/mol. The van der Waals surface area contributed by atoms with Gasteiger partial charge >= 0.3 is 12.1 Å². The molecule has 0 spiro atoms. The molecule has 1 saturated heterocycles. The largest absolute Gasteiger partial charge is 0.493 e. The van der Waals surface area contributed by atoms with Gasteiger partial charge in [-0.3, -0.25) is 4.79 Å². The van der Waals surface area contributed by atoms with E-state index in [1.807, 2.05) is 54.6 Å². The fraction of sp³-hybridized carbons (Fsp3) is 0.391. The Morgan fingerprint density at radius 2 is 1.66 bits per heavy atom. The van der Waals surface area contributed by atoms with Crippen molar-refractivity contribution in [3.8, 4) is 5.75 Å². The van der Waals surface area contributed by atoms with Gasteiger partial charge in [0.05, 0.1) is 20.1 Å². The van der Waals surface area contributed by atoms with Crippen LogP contribution in [0.5, 0.6) is 5.75 Å². The Bertz CT molecular complexity index is 783. The highest BCUT2D eigenvalue weighted by Crippen LogP contribution is 2.21. The molecule has 0 radical (unpaired) electrons. The molecule has 0 atom stereocenters. The molecule has 29 heavy (non-hydrogen) atoms. The lowest BCUT2D eigenvalue weighted by molar-refractivity contribution is -0.139. The van der Waals surface area contributed by atoms with Crippen molar-refractivity contribution >= 4 is 12.1 Å². The summed E-state index contributed by atoms with van der Waals surface area (Å²) >= 11 is 0. The van der Waals surface area contributed by atoms with Crippen molar-refractivity contribution in [1.29, 1.82) is 0 Å². The zero-order valence-corrected chi connectivity index (χ0v) is 16.7. The molecule has 1 fully saturated rings. The predicted octanol–water partition coefficient (Wildman–Crippen LogP) is 3.83. The minimum absolute atomic E-state index is 0.255. The van der Waals surface area contributed by atoms with Gasteiger partial charge in [0, 0.05) is 13.1 Å². The van der Waals surface area contributed by atoms with Gasteiger partial charge in [-0.2, -0.15) is 0 Å².